The average molecular weight is 200 g/mol. The molecule has 4 heteroatoms. The van der Waals surface area contributed by atoms with Gasteiger partial charge in [0.05, 0.1) is 12.7 Å². The SMILES string of the molecule is COC(=O)c1ccc(CN)c(Cl)c1. The first-order chi connectivity index (χ1) is 6.19. The number of hydrogen-bond acceptors (Lipinski definition) is 3. The number of carbonyl (C=O) groups excluding carboxylic acids is 1. The predicted octanol–water partition coefficient (Wildman–Crippen LogP) is 1.59. The highest BCUT2D eigenvalue weighted by Crippen LogP contribution is 2.17. The standard InChI is InChI=1S/C9H10ClNO2/c1-13-9(12)6-2-3-7(5-11)8(10)4-6/h2-4H,5,11H2,1H3. The first kappa shape index (κ1) is 10.0. The van der Waals surface area contributed by atoms with Crippen LogP contribution in [-0.2, 0) is 11.3 Å². The van der Waals surface area contributed by atoms with Crippen LogP contribution >= 0.6 is 11.6 Å². The molecule has 70 valence electrons. The van der Waals surface area contributed by atoms with Crippen molar-refractivity contribution in [1.29, 1.82) is 0 Å². The van der Waals surface area contributed by atoms with Crippen LogP contribution in [0.1, 0.15) is 15.9 Å². The zero-order chi connectivity index (χ0) is 9.84. The number of nitrogens with two attached hydrogens (primary N) is 1. The van der Waals surface area contributed by atoms with Crippen LogP contribution in [0.5, 0.6) is 0 Å². The molecule has 0 amide bonds. The molecule has 0 saturated carbocycles. The van der Waals surface area contributed by atoms with Gasteiger partial charge in [0.2, 0.25) is 0 Å². The van der Waals surface area contributed by atoms with Crippen molar-refractivity contribution in [3.63, 3.8) is 0 Å². The monoisotopic (exact) mass is 199 g/mol. The maximum atomic E-state index is 11.1. The molecule has 0 aliphatic heterocycles. The summed E-state index contributed by atoms with van der Waals surface area (Å²) in [5, 5.41) is 0.491. The van der Waals surface area contributed by atoms with Crippen molar-refractivity contribution in [3.8, 4) is 0 Å². The van der Waals surface area contributed by atoms with E-state index in [0.717, 1.165) is 5.56 Å². The number of rotatable bonds is 2. The Morgan fingerprint density at radius 3 is 2.77 bits per heavy atom. The summed E-state index contributed by atoms with van der Waals surface area (Å²) in [6, 6.07) is 4.91. The summed E-state index contributed by atoms with van der Waals surface area (Å²) >= 11 is 5.84. The van der Waals surface area contributed by atoms with Crippen LogP contribution in [0.4, 0.5) is 0 Å². The molecule has 0 aromatic heterocycles. The van der Waals surface area contributed by atoms with Crippen LogP contribution in [0.15, 0.2) is 18.2 Å². The van der Waals surface area contributed by atoms with Crippen molar-refractivity contribution in [2.75, 3.05) is 7.11 Å². The summed E-state index contributed by atoms with van der Waals surface area (Å²) < 4.78 is 4.54. The Morgan fingerprint density at radius 1 is 1.62 bits per heavy atom. The van der Waals surface area contributed by atoms with Gasteiger partial charge < -0.3 is 10.5 Å². The van der Waals surface area contributed by atoms with Crippen molar-refractivity contribution < 1.29 is 9.53 Å². The molecule has 1 rings (SSSR count). The summed E-state index contributed by atoms with van der Waals surface area (Å²) in [4.78, 5) is 11.1. The third-order valence-corrected chi connectivity index (χ3v) is 2.05. The van der Waals surface area contributed by atoms with E-state index in [0.29, 0.717) is 17.1 Å². The number of hydrogen-bond donors (Lipinski definition) is 1. The Hall–Kier alpha value is -1.06. The van der Waals surface area contributed by atoms with Gasteiger partial charge in [-0.2, -0.15) is 0 Å². The molecule has 0 atom stereocenters. The number of methoxy groups -OCH3 is 1. The van der Waals surface area contributed by atoms with Crippen molar-refractivity contribution in [2.45, 2.75) is 6.54 Å². The maximum Gasteiger partial charge on any atom is 0.337 e. The zero-order valence-electron chi connectivity index (χ0n) is 7.21. The van der Waals surface area contributed by atoms with E-state index in [-0.39, 0.29) is 0 Å². The minimum absolute atomic E-state index is 0.361. The molecule has 0 heterocycles. The summed E-state index contributed by atoms with van der Waals surface area (Å²) in [5.74, 6) is -0.398. The fraction of sp³-hybridized carbons (Fsp3) is 0.222. The van der Waals surface area contributed by atoms with E-state index in [9.17, 15) is 4.79 Å². The van der Waals surface area contributed by atoms with Crippen molar-refractivity contribution in [3.05, 3.63) is 34.3 Å². The van der Waals surface area contributed by atoms with E-state index in [1.807, 2.05) is 0 Å². The zero-order valence-corrected chi connectivity index (χ0v) is 7.97. The first-order valence-electron chi connectivity index (χ1n) is 3.76. The molecule has 0 saturated heterocycles. The van der Waals surface area contributed by atoms with Crippen molar-refractivity contribution in [1.82, 2.24) is 0 Å². The van der Waals surface area contributed by atoms with E-state index in [1.165, 1.54) is 7.11 Å². The molecule has 3 nitrogen and oxygen atoms in total. The number of ether oxygens (including phenoxy) is 1. The lowest BCUT2D eigenvalue weighted by molar-refractivity contribution is 0.0600. The molecule has 1 aromatic rings. The van der Waals surface area contributed by atoms with E-state index in [1.54, 1.807) is 18.2 Å². The van der Waals surface area contributed by atoms with Gasteiger partial charge in [-0.05, 0) is 17.7 Å². The van der Waals surface area contributed by atoms with Crippen molar-refractivity contribution in [2.24, 2.45) is 5.73 Å². The third kappa shape index (κ3) is 2.20. The lowest BCUT2D eigenvalue weighted by Gasteiger charge is -2.03. The van der Waals surface area contributed by atoms with Crippen LogP contribution in [0, 0.1) is 0 Å². The van der Waals surface area contributed by atoms with Crippen LogP contribution in [0.25, 0.3) is 0 Å². The summed E-state index contributed by atoms with van der Waals surface area (Å²) in [5.41, 5.74) is 6.66. The quantitative estimate of drug-likeness (QED) is 0.736. The molecule has 0 spiro atoms. The fourth-order valence-electron chi connectivity index (χ4n) is 0.958. The van der Waals surface area contributed by atoms with Crippen LogP contribution in [-0.4, -0.2) is 13.1 Å². The van der Waals surface area contributed by atoms with E-state index in [4.69, 9.17) is 17.3 Å². The van der Waals surface area contributed by atoms with Gasteiger partial charge in [0, 0.05) is 11.6 Å². The molecular formula is C9H10ClNO2. The Bertz CT molecular complexity index is 325. The van der Waals surface area contributed by atoms with E-state index >= 15 is 0 Å². The normalized spacial score (nSPS) is 9.77. The Morgan fingerprint density at radius 2 is 2.31 bits per heavy atom. The molecule has 0 radical (unpaired) electrons. The van der Waals surface area contributed by atoms with Gasteiger partial charge in [-0.25, -0.2) is 4.79 Å². The van der Waals surface area contributed by atoms with Crippen LogP contribution in [0.2, 0.25) is 5.02 Å². The molecule has 0 unspecified atom stereocenters. The Balaban J connectivity index is 3.02. The summed E-state index contributed by atoms with van der Waals surface area (Å²) in [6.07, 6.45) is 0. The van der Waals surface area contributed by atoms with Gasteiger partial charge in [0.15, 0.2) is 0 Å². The second kappa shape index (κ2) is 4.25. The maximum absolute atomic E-state index is 11.1. The summed E-state index contributed by atoms with van der Waals surface area (Å²) in [6.45, 7) is 0.361. The molecule has 1 aromatic carbocycles. The number of carbonyl (C=O) groups is 1. The van der Waals surface area contributed by atoms with Crippen molar-refractivity contribution >= 4 is 17.6 Å². The smallest absolute Gasteiger partial charge is 0.337 e. The Kier molecular flexibility index (Phi) is 3.28. The highest BCUT2D eigenvalue weighted by atomic mass is 35.5. The van der Waals surface area contributed by atoms with Gasteiger partial charge in [-0.3, -0.25) is 0 Å². The molecular weight excluding hydrogens is 190 g/mol. The minimum Gasteiger partial charge on any atom is -0.465 e. The van der Waals surface area contributed by atoms with E-state index in [2.05, 4.69) is 4.74 Å². The number of halogens is 1. The molecule has 2 N–H and O–H groups in total. The molecule has 0 bridgehead atoms. The van der Waals surface area contributed by atoms with Gasteiger partial charge in [0.25, 0.3) is 0 Å². The fourth-order valence-corrected chi connectivity index (χ4v) is 1.22. The topological polar surface area (TPSA) is 52.3 Å². The summed E-state index contributed by atoms with van der Waals surface area (Å²) in [7, 11) is 1.33. The largest absolute Gasteiger partial charge is 0.465 e. The number of benzene rings is 1. The number of esters is 1. The van der Waals surface area contributed by atoms with E-state index < -0.39 is 5.97 Å². The van der Waals surface area contributed by atoms with Gasteiger partial charge in [-0.1, -0.05) is 17.7 Å². The Labute approximate surface area is 81.4 Å². The van der Waals surface area contributed by atoms with Crippen LogP contribution < -0.4 is 5.73 Å². The van der Waals surface area contributed by atoms with Gasteiger partial charge in [-0.15, -0.1) is 0 Å². The first-order valence-corrected chi connectivity index (χ1v) is 4.13. The lowest BCUT2D eigenvalue weighted by Crippen LogP contribution is -2.03. The minimum atomic E-state index is -0.398. The highest BCUT2D eigenvalue weighted by molar-refractivity contribution is 6.31. The van der Waals surface area contributed by atoms with Gasteiger partial charge >= 0.3 is 5.97 Å². The second-order valence-corrected chi connectivity index (χ2v) is 2.91. The molecule has 0 fully saturated rings. The average Bonchev–Trinajstić information content (AvgIpc) is 2.16. The van der Waals surface area contributed by atoms with Crippen LogP contribution in [0.3, 0.4) is 0 Å². The second-order valence-electron chi connectivity index (χ2n) is 2.50. The molecule has 0 aliphatic rings. The molecule has 0 aliphatic carbocycles. The lowest BCUT2D eigenvalue weighted by atomic mass is 10.1. The highest BCUT2D eigenvalue weighted by Gasteiger charge is 2.07. The third-order valence-electron chi connectivity index (χ3n) is 1.69. The molecule has 13 heavy (non-hydrogen) atoms. The van der Waals surface area contributed by atoms with Gasteiger partial charge in [0.1, 0.15) is 0 Å². The predicted molar refractivity (Wildman–Crippen MR) is 50.7 cm³/mol.